The molecule has 0 aliphatic carbocycles. The zero-order valence-electron chi connectivity index (χ0n) is 12.5. The number of benzene rings is 1. The molecule has 2 N–H and O–H groups in total. The minimum Gasteiger partial charge on any atom is -0.491 e. The maximum atomic E-state index is 9.86. The zero-order valence-corrected chi connectivity index (χ0v) is 12.5. The van der Waals surface area contributed by atoms with Gasteiger partial charge in [-0.05, 0) is 18.6 Å². The molecule has 0 fully saturated rings. The topological polar surface area (TPSA) is 60.0 Å². The molecule has 0 spiro atoms. The highest BCUT2D eigenvalue weighted by Gasteiger charge is 2.09. The van der Waals surface area contributed by atoms with E-state index in [1.54, 1.807) is 14.2 Å². The first-order valence-corrected chi connectivity index (χ1v) is 6.76. The van der Waals surface area contributed by atoms with Crippen molar-refractivity contribution in [2.24, 2.45) is 0 Å². The summed E-state index contributed by atoms with van der Waals surface area (Å²) in [6, 6.07) is 7.75. The number of para-hydroxylation sites is 1. The third kappa shape index (κ3) is 6.34. The van der Waals surface area contributed by atoms with E-state index in [2.05, 4.69) is 5.32 Å². The smallest absolute Gasteiger partial charge is 0.122 e. The third-order valence-corrected chi connectivity index (χ3v) is 2.96. The molecule has 1 aromatic rings. The van der Waals surface area contributed by atoms with Gasteiger partial charge in [-0.15, -0.1) is 0 Å². The average Bonchev–Trinajstić information content (AvgIpc) is 2.45. The van der Waals surface area contributed by atoms with E-state index in [0.29, 0.717) is 19.7 Å². The Balaban J connectivity index is 2.20. The van der Waals surface area contributed by atoms with E-state index in [9.17, 15) is 5.11 Å². The van der Waals surface area contributed by atoms with Crippen LogP contribution in [0.5, 0.6) is 5.75 Å². The summed E-state index contributed by atoms with van der Waals surface area (Å²) in [4.78, 5) is 0. The maximum absolute atomic E-state index is 9.86. The Labute approximate surface area is 120 Å². The van der Waals surface area contributed by atoms with Crippen molar-refractivity contribution in [1.82, 2.24) is 5.32 Å². The number of aryl methyl sites for hydroxylation is 1. The second kappa shape index (κ2) is 9.72. The molecule has 0 saturated carbocycles. The van der Waals surface area contributed by atoms with Crippen LogP contribution in [-0.2, 0) is 9.47 Å². The highest BCUT2D eigenvalue weighted by molar-refractivity contribution is 5.31. The van der Waals surface area contributed by atoms with Gasteiger partial charge in [0.25, 0.3) is 0 Å². The molecule has 0 aliphatic heterocycles. The van der Waals surface area contributed by atoms with E-state index >= 15 is 0 Å². The first-order chi connectivity index (χ1) is 9.67. The summed E-state index contributed by atoms with van der Waals surface area (Å²) in [7, 11) is 3.28. The number of ether oxygens (including phenoxy) is 3. The molecule has 0 heterocycles. The minimum atomic E-state index is -0.561. The van der Waals surface area contributed by atoms with Gasteiger partial charge >= 0.3 is 0 Å². The molecule has 1 aromatic carbocycles. The first-order valence-electron chi connectivity index (χ1n) is 6.76. The van der Waals surface area contributed by atoms with E-state index in [-0.39, 0.29) is 12.7 Å². The fourth-order valence-electron chi connectivity index (χ4n) is 1.77. The quantitative estimate of drug-likeness (QED) is 0.670. The molecule has 0 saturated heterocycles. The van der Waals surface area contributed by atoms with Gasteiger partial charge in [0.1, 0.15) is 18.5 Å². The van der Waals surface area contributed by atoms with Gasteiger partial charge in [-0.3, -0.25) is 0 Å². The normalized spacial score (nSPS) is 14.0. The summed E-state index contributed by atoms with van der Waals surface area (Å²) < 4.78 is 15.8. The highest BCUT2D eigenvalue weighted by Crippen LogP contribution is 2.16. The zero-order chi connectivity index (χ0) is 14.8. The van der Waals surface area contributed by atoms with Gasteiger partial charge in [0.2, 0.25) is 0 Å². The molecule has 5 heteroatoms. The molecule has 20 heavy (non-hydrogen) atoms. The lowest BCUT2D eigenvalue weighted by molar-refractivity contribution is 0.0256. The van der Waals surface area contributed by atoms with Gasteiger partial charge in [0, 0.05) is 27.3 Å². The Bertz CT molecular complexity index is 373. The Morgan fingerprint density at radius 3 is 2.55 bits per heavy atom. The number of aliphatic hydroxyl groups is 1. The molecule has 2 atom stereocenters. The van der Waals surface area contributed by atoms with Crippen LogP contribution in [0.1, 0.15) is 5.56 Å². The molecule has 0 bridgehead atoms. The van der Waals surface area contributed by atoms with Crippen molar-refractivity contribution < 1.29 is 19.3 Å². The lowest BCUT2D eigenvalue weighted by Crippen LogP contribution is -2.38. The number of aliphatic hydroxyl groups excluding tert-OH is 1. The molecule has 0 radical (unpaired) electrons. The molecule has 1 rings (SSSR count). The second-order valence-electron chi connectivity index (χ2n) is 4.70. The van der Waals surface area contributed by atoms with Crippen LogP contribution in [0.3, 0.4) is 0 Å². The van der Waals surface area contributed by atoms with E-state index < -0.39 is 6.10 Å². The van der Waals surface area contributed by atoms with E-state index in [1.165, 1.54) is 0 Å². The molecule has 2 unspecified atom stereocenters. The van der Waals surface area contributed by atoms with Crippen molar-refractivity contribution in [2.45, 2.75) is 19.1 Å². The molecule has 0 aliphatic rings. The maximum Gasteiger partial charge on any atom is 0.122 e. The average molecular weight is 283 g/mol. The van der Waals surface area contributed by atoms with Gasteiger partial charge in [0.15, 0.2) is 0 Å². The SMILES string of the molecule is COCC(CNCC(O)COc1ccccc1C)OC. The number of nitrogens with one attached hydrogen (secondary N) is 1. The second-order valence-corrected chi connectivity index (χ2v) is 4.70. The summed E-state index contributed by atoms with van der Waals surface area (Å²) >= 11 is 0. The summed E-state index contributed by atoms with van der Waals surface area (Å²) in [6.07, 6.45) is -0.570. The third-order valence-electron chi connectivity index (χ3n) is 2.96. The summed E-state index contributed by atoms with van der Waals surface area (Å²) in [6.45, 7) is 3.86. The summed E-state index contributed by atoms with van der Waals surface area (Å²) in [5, 5.41) is 13.0. The Morgan fingerprint density at radius 1 is 1.15 bits per heavy atom. The highest BCUT2D eigenvalue weighted by atomic mass is 16.5. The van der Waals surface area contributed by atoms with Crippen molar-refractivity contribution in [3.05, 3.63) is 29.8 Å². The molecule has 5 nitrogen and oxygen atoms in total. The number of methoxy groups -OCH3 is 2. The largest absolute Gasteiger partial charge is 0.491 e. The predicted octanol–water partition coefficient (Wildman–Crippen LogP) is 0.986. The van der Waals surface area contributed by atoms with Gasteiger partial charge in [-0.2, -0.15) is 0 Å². The Hall–Kier alpha value is -1.14. The van der Waals surface area contributed by atoms with Crippen molar-refractivity contribution in [2.75, 3.05) is 40.5 Å². The van der Waals surface area contributed by atoms with Crippen LogP contribution in [0.4, 0.5) is 0 Å². The Kier molecular flexibility index (Phi) is 8.22. The lowest BCUT2D eigenvalue weighted by atomic mass is 10.2. The molecule has 0 aromatic heterocycles. The first kappa shape index (κ1) is 16.9. The van der Waals surface area contributed by atoms with E-state index in [0.717, 1.165) is 11.3 Å². The minimum absolute atomic E-state index is 0.00974. The summed E-state index contributed by atoms with van der Waals surface area (Å²) in [5.74, 6) is 0.806. The van der Waals surface area contributed by atoms with Crippen LogP contribution in [0.25, 0.3) is 0 Å². The number of hydrogen-bond donors (Lipinski definition) is 2. The standard InChI is InChI=1S/C15H25NO4/c1-12-6-4-5-7-15(12)20-10-13(17)8-16-9-14(19-3)11-18-2/h4-7,13-14,16-17H,8-11H2,1-3H3. The van der Waals surface area contributed by atoms with Crippen molar-refractivity contribution >= 4 is 0 Å². The Morgan fingerprint density at radius 2 is 1.90 bits per heavy atom. The number of rotatable bonds is 10. The van der Waals surface area contributed by atoms with Crippen molar-refractivity contribution in [1.29, 1.82) is 0 Å². The fraction of sp³-hybridized carbons (Fsp3) is 0.600. The van der Waals surface area contributed by atoms with E-state index in [4.69, 9.17) is 14.2 Å². The van der Waals surface area contributed by atoms with Gasteiger partial charge < -0.3 is 24.6 Å². The van der Waals surface area contributed by atoms with Gasteiger partial charge in [-0.1, -0.05) is 18.2 Å². The number of hydrogen-bond acceptors (Lipinski definition) is 5. The van der Waals surface area contributed by atoms with Crippen molar-refractivity contribution in [3.8, 4) is 5.75 Å². The molecule has 114 valence electrons. The fourth-order valence-corrected chi connectivity index (χ4v) is 1.77. The lowest BCUT2D eigenvalue weighted by Gasteiger charge is -2.17. The van der Waals surface area contributed by atoms with Gasteiger partial charge in [0.05, 0.1) is 12.7 Å². The van der Waals surface area contributed by atoms with Crippen LogP contribution in [0, 0.1) is 6.92 Å². The van der Waals surface area contributed by atoms with Gasteiger partial charge in [-0.25, -0.2) is 0 Å². The molecular formula is C15H25NO4. The monoisotopic (exact) mass is 283 g/mol. The van der Waals surface area contributed by atoms with Crippen molar-refractivity contribution in [3.63, 3.8) is 0 Å². The molecular weight excluding hydrogens is 258 g/mol. The van der Waals surface area contributed by atoms with Crippen LogP contribution in [-0.4, -0.2) is 57.8 Å². The molecule has 0 amide bonds. The van der Waals surface area contributed by atoms with E-state index in [1.807, 2.05) is 31.2 Å². The van der Waals surface area contributed by atoms with Crippen LogP contribution < -0.4 is 10.1 Å². The van der Waals surface area contributed by atoms with Crippen LogP contribution >= 0.6 is 0 Å². The summed E-state index contributed by atoms with van der Waals surface area (Å²) in [5.41, 5.74) is 1.06. The van der Waals surface area contributed by atoms with Crippen LogP contribution in [0.2, 0.25) is 0 Å². The predicted molar refractivity (Wildman–Crippen MR) is 78.2 cm³/mol. The van der Waals surface area contributed by atoms with Crippen LogP contribution in [0.15, 0.2) is 24.3 Å².